The van der Waals surface area contributed by atoms with E-state index >= 15 is 0 Å². The van der Waals surface area contributed by atoms with Crippen molar-refractivity contribution < 1.29 is 0 Å². The quantitative estimate of drug-likeness (QED) is 0.594. The molecule has 0 aliphatic carbocycles. The second-order valence-corrected chi connectivity index (χ2v) is 4.71. The predicted molar refractivity (Wildman–Crippen MR) is 67.1 cm³/mol. The molecular weight excluding hydrogens is 230 g/mol. The highest BCUT2D eigenvalue weighted by Gasteiger charge is 2.09. The molecule has 0 aliphatic heterocycles. The molecule has 0 saturated carbocycles. The van der Waals surface area contributed by atoms with E-state index < -0.39 is 0 Å². The third-order valence-electron chi connectivity index (χ3n) is 2.23. The first-order valence-corrected chi connectivity index (χ1v) is 6.58. The molecule has 0 amide bonds. The summed E-state index contributed by atoms with van der Waals surface area (Å²) < 4.78 is 0. The zero-order valence-corrected chi connectivity index (χ0v) is 10.3. The van der Waals surface area contributed by atoms with Crippen molar-refractivity contribution in [3.8, 4) is 0 Å². The maximum Gasteiger partial charge on any atom is 0.0621 e. The van der Waals surface area contributed by atoms with Gasteiger partial charge in [-0.15, -0.1) is 0 Å². The van der Waals surface area contributed by atoms with Gasteiger partial charge in [-0.25, -0.2) is 0 Å². The van der Waals surface area contributed by atoms with E-state index in [1.807, 2.05) is 17.8 Å². The Hall–Kier alpha value is -0.290. The lowest BCUT2D eigenvalue weighted by molar-refractivity contribution is 0.514. The number of hydrogen-bond donors (Lipinski definition) is 2. The Morgan fingerprint density at radius 3 is 3.07 bits per heavy atom. The zero-order chi connectivity index (χ0) is 11.1. The first-order valence-electron chi connectivity index (χ1n) is 4.81. The molecule has 0 radical (unpaired) electrons. The summed E-state index contributed by atoms with van der Waals surface area (Å²) in [4.78, 5) is 3.95. The molecule has 0 saturated heterocycles. The van der Waals surface area contributed by atoms with Crippen molar-refractivity contribution in [2.24, 2.45) is 5.84 Å². The molecule has 5 heteroatoms. The van der Waals surface area contributed by atoms with E-state index in [2.05, 4.69) is 16.7 Å². The summed E-state index contributed by atoms with van der Waals surface area (Å²) in [6.45, 7) is 0. The minimum atomic E-state index is 0.275. The fraction of sp³-hybridized carbons (Fsp3) is 0.500. The van der Waals surface area contributed by atoms with Gasteiger partial charge < -0.3 is 0 Å². The molecule has 0 fully saturated rings. The normalized spacial score (nSPS) is 12.7. The summed E-state index contributed by atoms with van der Waals surface area (Å²) in [6, 6.07) is 2.21. The second-order valence-electron chi connectivity index (χ2n) is 3.32. The van der Waals surface area contributed by atoms with Gasteiger partial charge in [0.2, 0.25) is 0 Å². The van der Waals surface area contributed by atoms with Crippen LogP contribution in [-0.4, -0.2) is 23.0 Å². The standard InChI is InChI=1S/C10H16ClN3S/c1-15-5-3-9(14-12)6-8-2-4-13-7-10(8)11/h2,4,7,9,14H,3,5-6,12H2,1H3. The van der Waals surface area contributed by atoms with Gasteiger partial charge in [0, 0.05) is 18.4 Å². The molecule has 1 unspecified atom stereocenters. The first kappa shape index (κ1) is 12.8. The number of hydrazine groups is 1. The molecule has 1 rings (SSSR count). The van der Waals surface area contributed by atoms with Gasteiger partial charge in [-0.05, 0) is 36.5 Å². The van der Waals surface area contributed by atoms with Crippen LogP contribution in [0.25, 0.3) is 0 Å². The number of thioether (sulfide) groups is 1. The van der Waals surface area contributed by atoms with Crippen LogP contribution >= 0.6 is 23.4 Å². The lowest BCUT2D eigenvalue weighted by Gasteiger charge is -2.15. The average molecular weight is 246 g/mol. The van der Waals surface area contributed by atoms with Crippen LogP contribution in [0.15, 0.2) is 18.5 Å². The topological polar surface area (TPSA) is 50.9 Å². The number of nitrogens with zero attached hydrogens (tertiary/aromatic N) is 1. The number of halogens is 1. The van der Waals surface area contributed by atoms with Crippen LogP contribution < -0.4 is 11.3 Å². The van der Waals surface area contributed by atoms with Gasteiger partial charge in [-0.2, -0.15) is 11.8 Å². The van der Waals surface area contributed by atoms with Crippen LogP contribution in [-0.2, 0) is 6.42 Å². The maximum absolute atomic E-state index is 6.02. The average Bonchev–Trinajstić information content (AvgIpc) is 2.26. The van der Waals surface area contributed by atoms with Crippen molar-refractivity contribution in [3.05, 3.63) is 29.0 Å². The smallest absolute Gasteiger partial charge is 0.0621 e. The van der Waals surface area contributed by atoms with Crippen LogP contribution in [0.3, 0.4) is 0 Å². The SMILES string of the molecule is CSCCC(Cc1ccncc1Cl)NN. The fourth-order valence-electron chi connectivity index (χ4n) is 1.34. The maximum atomic E-state index is 6.02. The van der Waals surface area contributed by atoms with E-state index in [-0.39, 0.29) is 6.04 Å². The highest BCUT2D eigenvalue weighted by Crippen LogP contribution is 2.16. The summed E-state index contributed by atoms with van der Waals surface area (Å²) >= 11 is 7.84. The Morgan fingerprint density at radius 1 is 1.67 bits per heavy atom. The lowest BCUT2D eigenvalue weighted by Crippen LogP contribution is -2.37. The molecule has 0 bridgehead atoms. The molecule has 15 heavy (non-hydrogen) atoms. The number of rotatable bonds is 6. The summed E-state index contributed by atoms with van der Waals surface area (Å²) in [6.07, 6.45) is 7.39. The molecule has 3 nitrogen and oxygen atoms in total. The summed E-state index contributed by atoms with van der Waals surface area (Å²) in [5.74, 6) is 6.59. The van der Waals surface area contributed by atoms with Gasteiger partial charge in [0.25, 0.3) is 0 Å². The van der Waals surface area contributed by atoms with E-state index in [0.717, 1.165) is 24.2 Å². The summed E-state index contributed by atoms with van der Waals surface area (Å²) in [5.41, 5.74) is 3.91. The molecule has 1 aromatic heterocycles. The molecule has 1 aromatic rings. The first-order chi connectivity index (χ1) is 7.27. The van der Waals surface area contributed by atoms with Crippen molar-refractivity contribution in [2.75, 3.05) is 12.0 Å². The van der Waals surface area contributed by atoms with Crippen molar-refractivity contribution >= 4 is 23.4 Å². The van der Waals surface area contributed by atoms with Crippen molar-refractivity contribution in [2.45, 2.75) is 18.9 Å². The van der Waals surface area contributed by atoms with Crippen LogP contribution in [0, 0.1) is 0 Å². The number of nitrogens with one attached hydrogen (secondary N) is 1. The van der Waals surface area contributed by atoms with Gasteiger partial charge in [0.1, 0.15) is 0 Å². The van der Waals surface area contributed by atoms with Gasteiger partial charge in [-0.3, -0.25) is 16.3 Å². The van der Waals surface area contributed by atoms with Crippen molar-refractivity contribution in [3.63, 3.8) is 0 Å². The third-order valence-corrected chi connectivity index (χ3v) is 3.21. The fourth-order valence-corrected chi connectivity index (χ4v) is 2.06. The third kappa shape index (κ3) is 4.38. The molecule has 3 N–H and O–H groups in total. The van der Waals surface area contributed by atoms with Crippen molar-refractivity contribution in [1.82, 2.24) is 10.4 Å². The molecule has 0 aliphatic rings. The Labute approximate surface area is 99.8 Å². The Morgan fingerprint density at radius 2 is 2.47 bits per heavy atom. The largest absolute Gasteiger partial charge is 0.271 e. The number of nitrogens with two attached hydrogens (primary N) is 1. The molecule has 84 valence electrons. The number of pyridine rings is 1. The van der Waals surface area contributed by atoms with Gasteiger partial charge in [0.05, 0.1) is 5.02 Å². The van der Waals surface area contributed by atoms with Crippen molar-refractivity contribution in [1.29, 1.82) is 0 Å². The number of aromatic nitrogens is 1. The highest BCUT2D eigenvalue weighted by atomic mass is 35.5. The minimum Gasteiger partial charge on any atom is -0.271 e. The van der Waals surface area contributed by atoms with Gasteiger partial charge in [-0.1, -0.05) is 11.6 Å². The minimum absolute atomic E-state index is 0.275. The molecule has 0 aromatic carbocycles. The highest BCUT2D eigenvalue weighted by molar-refractivity contribution is 7.98. The zero-order valence-electron chi connectivity index (χ0n) is 8.74. The van der Waals surface area contributed by atoms with Gasteiger partial charge >= 0.3 is 0 Å². The van der Waals surface area contributed by atoms with E-state index in [1.165, 1.54) is 0 Å². The summed E-state index contributed by atoms with van der Waals surface area (Å²) in [7, 11) is 0. The van der Waals surface area contributed by atoms with Crippen LogP contribution in [0.4, 0.5) is 0 Å². The second kappa shape index (κ2) is 7.06. The van der Waals surface area contributed by atoms with E-state index in [1.54, 1.807) is 12.4 Å². The summed E-state index contributed by atoms with van der Waals surface area (Å²) in [5, 5.41) is 0.710. The molecule has 1 heterocycles. The molecular formula is C10H16ClN3S. The van der Waals surface area contributed by atoms with E-state index in [0.29, 0.717) is 5.02 Å². The Kier molecular flexibility index (Phi) is 6.02. The van der Waals surface area contributed by atoms with Crippen LogP contribution in [0.1, 0.15) is 12.0 Å². The van der Waals surface area contributed by atoms with E-state index in [9.17, 15) is 0 Å². The Balaban J connectivity index is 2.54. The van der Waals surface area contributed by atoms with Gasteiger partial charge in [0.15, 0.2) is 0 Å². The van der Waals surface area contributed by atoms with Crippen LogP contribution in [0.5, 0.6) is 0 Å². The Bertz CT molecular complexity index is 296. The lowest BCUT2D eigenvalue weighted by atomic mass is 10.1. The number of hydrogen-bond acceptors (Lipinski definition) is 4. The monoisotopic (exact) mass is 245 g/mol. The van der Waals surface area contributed by atoms with Crippen LogP contribution in [0.2, 0.25) is 5.02 Å². The predicted octanol–water partition coefficient (Wildman–Crippen LogP) is 1.86. The molecule has 1 atom stereocenters. The van der Waals surface area contributed by atoms with E-state index in [4.69, 9.17) is 17.4 Å². The molecule has 0 spiro atoms.